The molecule has 0 heterocycles. The second-order valence-corrected chi connectivity index (χ2v) is 6.08. The van der Waals surface area contributed by atoms with Gasteiger partial charge in [-0.1, -0.05) is 42.5 Å². The fraction of sp³-hybridized carbons (Fsp3) is 0.0476. The molecule has 0 unspecified atom stereocenters. The number of carbonyl (C=O) groups is 2. The Labute approximate surface area is 165 Å². The zero-order chi connectivity index (χ0) is 21.0. The zero-order valence-electron chi connectivity index (χ0n) is 15.1. The third-order valence-corrected chi connectivity index (χ3v) is 4.24. The summed E-state index contributed by atoms with van der Waals surface area (Å²) >= 11 is 0. The highest BCUT2D eigenvalue weighted by Crippen LogP contribution is 2.33. The third-order valence-electron chi connectivity index (χ3n) is 4.24. The minimum Gasteiger partial charge on any atom is -0.488 e. The van der Waals surface area contributed by atoms with Crippen molar-refractivity contribution >= 4 is 23.1 Å². The predicted octanol–water partition coefficient (Wildman–Crippen LogP) is 3.69. The van der Waals surface area contributed by atoms with Crippen LogP contribution in [0.4, 0.5) is 11.4 Å². The van der Waals surface area contributed by atoms with Crippen LogP contribution in [0.3, 0.4) is 0 Å². The number of para-hydroxylation sites is 1. The van der Waals surface area contributed by atoms with Gasteiger partial charge in [0.1, 0.15) is 23.6 Å². The van der Waals surface area contributed by atoms with Crippen LogP contribution < -0.4 is 10.5 Å². The van der Waals surface area contributed by atoms with E-state index in [9.17, 15) is 19.7 Å². The van der Waals surface area contributed by atoms with Gasteiger partial charge < -0.3 is 15.6 Å². The Hall–Kier alpha value is -4.20. The van der Waals surface area contributed by atoms with Gasteiger partial charge >= 0.3 is 11.7 Å². The number of nitro benzene ring substituents is 1. The van der Waals surface area contributed by atoms with Crippen molar-refractivity contribution in [1.82, 2.24) is 0 Å². The number of ketones is 1. The lowest BCUT2D eigenvalue weighted by molar-refractivity contribution is -0.384. The van der Waals surface area contributed by atoms with Crippen LogP contribution in [0.1, 0.15) is 31.8 Å². The standard InChI is InChI=1S/C21H16N2O6/c22-18-15(10-11-16(21(25)26)19(18)23(27)28)20(24)14-8-4-5-9-17(14)29-12-13-6-2-1-3-7-13/h1-11H,12,22H2,(H,25,26). The first-order valence-electron chi connectivity index (χ1n) is 8.50. The largest absolute Gasteiger partial charge is 0.488 e. The summed E-state index contributed by atoms with van der Waals surface area (Å²) in [6.07, 6.45) is 0. The topological polar surface area (TPSA) is 133 Å². The van der Waals surface area contributed by atoms with E-state index in [-0.39, 0.29) is 23.5 Å². The molecule has 3 N–H and O–H groups in total. The number of rotatable bonds is 7. The van der Waals surface area contributed by atoms with Gasteiger partial charge in [0.25, 0.3) is 0 Å². The number of nitrogen functional groups attached to an aromatic ring is 1. The van der Waals surface area contributed by atoms with Gasteiger partial charge in [-0.2, -0.15) is 0 Å². The highest BCUT2D eigenvalue weighted by Gasteiger charge is 2.28. The van der Waals surface area contributed by atoms with Gasteiger partial charge in [-0.25, -0.2) is 4.79 Å². The molecule has 146 valence electrons. The van der Waals surface area contributed by atoms with Gasteiger partial charge in [0, 0.05) is 0 Å². The van der Waals surface area contributed by atoms with Crippen LogP contribution in [0, 0.1) is 10.1 Å². The molecule has 29 heavy (non-hydrogen) atoms. The van der Waals surface area contributed by atoms with Gasteiger partial charge in [-0.15, -0.1) is 0 Å². The summed E-state index contributed by atoms with van der Waals surface area (Å²) in [6, 6.07) is 17.9. The van der Waals surface area contributed by atoms with E-state index in [2.05, 4.69) is 0 Å². The first-order chi connectivity index (χ1) is 13.9. The average molecular weight is 392 g/mol. The van der Waals surface area contributed by atoms with E-state index in [1.54, 1.807) is 18.2 Å². The Morgan fingerprint density at radius 3 is 2.21 bits per heavy atom. The van der Waals surface area contributed by atoms with E-state index < -0.39 is 33.6 Å². The molecule has 0 saturated carbocycles. The third kappa shape index (κ3) is 4.06. The molecule has 0 amide bonds. The molecule has 3 aromatic carbocycles. The van der Waals surface area contributed by atoms with Crippen molar-refractivity contribution in [1.29, 1.82) is 0 Å². The summed E-state index contributed by atoms with van der Waals surface area (Å²) in [7, 11) is 0. The van der Waals surface area contributed by atoms with Gasteiger partial charge in [0.05, 0.1) is 16.1 Å². The summed E-state index contributed by atoms with van der Waals surface area (Å²) in [5.74, 6) is -1.83. The maximum atomic E-state index is 13.0. The first kappa shape index (κ1) is 19.6. The first-order valence-corrected chi connectivity index (χ1v) is 8.50. The van der Waals surface area contributed by atoms with Crippen LogP contribution in [-0.2, 0) is 6.61 Å². The molecule has 0 spiro atoms. The van der Waals surface area contributed by atoms with E-state index in [4.69, 9.17) is 15.6 Å². The van der Waals surface area contributed by atoms with Crippen LogP contribution in [-0.4, -0.2) is 21.8 Å². The number of carboxylic acids is 1. The van der Waals surface area contributed by atoms with E-state index in [0.29, 0.717) is 0 Å². The number of aromatic carboxylic acids is 1. The highest BCUT2D eigenvalue weighted by molar-refractivity contribution is 6.15. The second-order valence-electron chi connectivity index (χ2n) is 6.08. The quantitative estimate of drug-likeness (QED) is 0.271. The van der Waals surface area contributed by atoms with E-state index in [1.807, 2.05) is 30.3 Å². The van der Waals surface area contributed by atoms with Crippen LogP contribution in [0.25, 0.3) is 0 Å². The molecular formula is C21H16N2O6. The highest BCUT2D eigenvalue weighted by atomic mass is 16.6. The molecule has 3 rings (SSSR count). The Morgan fingerprint density at radius 1 is 0.931 bits per heavy atom. The van der Waals surface area contributed by atoms with Crippen LogP contribution in [0.2, 0.25) is 0 Å². The molecule has 8 nitrogen and oxygen atoms in total. The smallest absolute Gasteiger partial charge is 0.342 e. The van der Waals surface area contributed by atoms with E-state index in [1.165, 1.54) is 12.1 Å². The molecule has 3 aromatic rings. The molecule has 0 saturated heterocycles. The number of nitro groups is 1. The number of nitrogens with two attached hydrogens (primary N) is 1. The van der Waals surface area contributed by atoms with Crippen molar-refractivity contribution in [2.45, 2.75) is 6.61 Å². The molecule has 0 aliphatic carbocycles. The number of hydrogen-bond donors (Lipinski definition) is 2. The summed E-state index contributed by atoms with van der Waals surface area (Å²) in [6.45, 7) is 0.221. The number of nitrogens with zero attached hydrogens (tertiary/aromatic N) is 1. The summed E-state index contributed by atoms with van der Waals surface area (Å²) < 4.78 is 5.76. The zero-order valence-corrected chi connectivity index (χ0v) is 15.1. The second kappa shape index (κ2) is 8.22. The van der Waals surface area contributed by atoms with Crippen molar-refractivity contribution in [2.24, 2.45) is 0 Å². The molecule has 0 aliphatic heterocycles. The normalized spacial score (nSPS) is 10.3. The van der Waals surface area contributed by atoms with Crippen molar-refractivity contribution in [3.05, 3.63) is 99.1 Å². The number of hydrogen-bond acceptors (Lipinski definition) is 6. The van der Waals surface area contributed by atoms with Gasteiger partial charge in [0.15, 0.2) is 5.78 Å². The SMILES string of the molecule is Nc1c(C(=O)c2ccccc2OCc2ccccc2)ccc(C(=O)O)c1[N+](=O)[O-]. The number of carbonyl (C=O) groups excluding carboxylic acids is 1. The lowest BCUT2D eigenvalue weighted by Crippen LogP contribution is -2.12. The van der Waals surface area contributed by atoms with E-state index >= 15 is 0 Å². The maximum Gasteiger partial charge on any atom is 0.342 e. The van der Waals surface area contributed by atoms with Gasteiger partial charge in [-0.3, -0.25) is 14.9 Å². The number of ether oxygens (including phenoxy) is 1. The predicted molar refractivity (Wildman–Crippen MR) is 105 cm³/mol. The van der Waals surface area contributed by atoms with Crippen molar-refractivity contribution < 1.29 is 24.4 Å². The molecule has 0 aliphatic rings. The molecule has 0 bridgehead atoms. The lowest BCUT2D eigenvalue weighted by Gasteiger charge is -2.12. The van der Waals surface area contributed by atoms with E-state index in [0.717, 1.165) is 11.6 Å². The molecule has 8 heteroatoms. The molecular weight excluding hydrogens is 376 g/mol. The lowest BCUT2D eigenvalue weighted by atomic mass is 9.98. The monoisotopic (exact) mass is 392 g/mol. The fourth-order valence-corrected chi connectivity index (χ4v) is 2.84. The maximum absolute atomic E-state index is 13.0. The van der Waals surface area contributed by atoms with Crippen LogP contribution in [0.15, 0.2) is 66.7 Å². The van der Waals surface area contributed by atoms with Crippen LogP contribution in [0.5, 0.6) is 5.75 Å². The van der Waals surface area contributed by atoms with Crippen molar-refractivity contribution in [3.63, 3.8) is 0 Å². The fourth-order valence-electron chi connectivity index (χ4n) is 2.84. The summed E-state index contributed by atoms with van der Waals surface area (Å²) in [5.41, 5.74) is 4.80. The molecule has 0 atom stereocenters. The number of carboxylic acid groups (broad SMARTS) is 1. The molecule has 0 fully saturated rings. The Morgan fingerprint density at radius 2 is 1.55 bits per heavy atom. The Kier molecular flexibility index (Phi) is 5.54. The average Bonchev–Trinajstić information content (AvgIpc) is 2.72. The van der Waals surface area contributed by atoms with Crippen LogP contribution >= 0.6 is 0 Å². The van der Waals surface area contributed by atoms with Crippen molar-refractivity contribution in [3.8, 4) is 5.75 Å². The molecule has 0 aromatic heterocycles. The number of anilines is 1. The van der Waals surface area contributed by atoms with Crippen molar-refractivity contribution in [2.75, 3.05) is 5.73 Å². The number of benzene rings is 3. The summed E-state index contributed by atoms with van der Waals surface area (Å²) in [5, 5.41) is 20.5. The van der Waals surface area contributed by atoms with Gasteiger partial charge in [0.2, 0.25) is 0 Å². The minimum atomic E-state index is -1.51. The van der Waals surface area contributed by atoms with Gasteiger partial charge in [-0.05, 0) is 29.8 Å². The Bertz CT molecular complexity index is 1100. The minimum absolute atomic E-state index is 0.160. The summed E-state index contributed by atoms with van der Waals surface area (Å²) in [4.78, 5) is 34.7. The Balaban J connectivity index is 1.98. The molecule has 0 radical (unpaired) electrons.